The van der Waals surface area contributed by atoms with Crippen LogP contribution in [0.2, 0.25) is 0 Å². The summed E-state index contributed by atoms with van der Waals surface area (Å²) in [4.78, 5) is 16.1. The quantitative estimate of drug-likeness (QED) is 0.0361. The molecule has 0 amide bonds. The number of carbonyl (C=O) groups is 1. The van der Waals surface area contributed by atoms with Crippen LogP contribution >= 0.6 is 0 Å². The number of aliphatic carboxylic acids is 1. The predicted octanol–water partition coefficient (Wildman–Crippen LogP) is 13.5. The summed E-state index contributed by atoms with van der Waals surface area (Å²) in [5.41, 5.74) is 7.24. The minimum absolute atomic E-state index is 0.309. The molecule has 298 valence electrons. The van der Waals surface area contributed by atoms with Gasteiger partial charge in [-0.05, 0) is 114 Å². The van der Waals surface area contributed by atoms with Gasteiger partial charge in [-0.1, -0.05) is 101 Å². The maximum absolute atomic E-state index is 11.6. The van der Waals surface area contributed by atoms with Gasteiger partial charge in [-0.3, -0.25) is 0 Å². The highest BCUT2D eigenvalue weighted by atomic mass is 16.5. The first kappa shape index (κ1) is 41.2. The molecule has 1 heterocycles. The number of anilines is 5. The van der Waals surface area contributed by atoms with Crippen LogP contribution in [0.25, 0.3) is 18.2 Å². The highest BCUT2D eigenvalue weighted by Gasteiger charge is 2.25. The van der Waals surface area contributed by atoms with E-state index in [9.17, 15) is 15.2 Å². The van der Waals surface area contributed by atoms with Crippen molar-refractivity contribution in [1.29, 1.82) is 5.26 Å². The van der Waals surface area contributed by atoms with E-state index in [1.807, 2.05) is 60.7 Å². The smallest absolute Gasteiger partial charge is 0.346 e. The standard InChI is InChI=1S/C50H53N3O5/c1-4-5-6-7-8-9-10-11-12-13-32-52-46-30-18-38(35-49(46)58-48-31-19-39(34-47(48)52)33-40(36-51)50(54)55)15-14-37-16-20-41(21-17-37)53(42-22-26-44(56-2)27-23-42)43-24-28-45(57-3)29-25-43/h14-31,33-35H,4-13,32H2,1-3H3,(H,54,55)/b15-14+,40-33-. The summed E-state index contributed by atoms with van der Waals surface area (Å²) in [7, 11) is 3.34. The summed E-state index contributed by atoms with van der Waals surface area (Å²) in [6.07, 6.45) is 18.1. The van der Waals surface area contributed by atoms with Gasteiger partial charge in [-0.25, -0.2) is 4.79 Å². The van der Waals surface area contributed by atoms with Crippen molar-refractivity contribution in [3.05, 3.63) is 131 Å². The lowest BCUT2D eigenvalue weighted by molar-refractivity contribution is -0.132. The van der Waals surface area contributed by atoms with Crippen LogP contribution in [0, 0.1) is 11.3 Å². The summed E-state index contributed by atoms with van der Waals surface area (Å²) in [5.74, 6) is 1.81. The second-order valence-electron chi connectivity index (χ2n) is 14.5. The van der Waals surface area contributed by atoms with Crippen molar-refractivity contribution in [2.45, 2.75) is 71.1 Å². The monoisotopic (exact) mass is 775 g/mol. The summed E-state index contributed by atoms with van der Waals surface area (Å²) >= 11 is 0. The molecule has 1 aliphatic rings. The molecule has 0 aromatic heterocycles. The lowest BCUT2D eigenvalue weighted by Gasteiger charge is -2.33. The molecule has 5 aromatic rings. The first-order valence-electron chi connectivity index (χ1n) is 20.4. The Bertz CT molecular complexity index is 2170. The molecule has 5 aromatic carbocycles. The van der Waals surface area contributed by atoms with Crippen molar-refractivity contribution in [2.75, 3.05) is 30.6 Å². The van der Waals surface area contributed by atoms with Gasteiger partial charge in [0.2, 0.25) is 0 Å². The fraction of sp³-hybridized carbons (Fsp3) is 0.280. The highest BCUT2D eigenvalue weighted by molar-refractivity contribution is 5.97. The van der Waals surface area contributed by atoms with E-state index < -0.39 is 5.97 Å². The third kappa shape index (κ3) is 10.7. The number of nitrogens with zero attached hydrogens (tertiary/aromatic N) is 3. The number of methoxy groups -OCH3 is 2. The van der Waals surface area contributed by atoms with Gasteiger partial charge in [0.25, 0.3) is 0 Å². The molecule has 0 bridgehead atoms. The molecule has 0 saturated carbocycles. The van der Waals surface area contributed by atoms with Crippen molar-refractivity contribution in [2.24, 2.45) is 0 Å². The number of unbranched alkanes of at least 4 members (excludes halogenated alkanes) is 9. The van der Waals surface area contributed by atoms with E-state index in [4.69, 9.17) is 14.2 Å². The molecule has 0 saturated heterocycles. The molecule has 0 aliphatic carbocycles. The van der Waals surface area contributed by atoms with E-state index in [0.717, 1.165) is 76.2 Å². The van der Waals surface area contributed by atoms with Crippen molar-refractivity contribution in [1.82, 2.24) is 0 Å². The summed E-state index contributed by atoms with van der Waals surface area (Å²) in [6.45, 7) is 3.05. The zero-order valence-electron chi connectivity index (χ0n) is 33.8. The Morgan fingerprint density at radius 2 is 1.17 bits per heavy atom. The first-order chi connectivity index (χ1) is 28.4. The average molecular weight is 776 g/mol. The Kier molecular flexibility index (Phi) is 14.6. The topological polar surface area (TPSA) is 95.3 Å². The number of nitriles is 1. The molecular formula is C50H53N3O5. The molecule has 0 radical (unpaired) electrons. The predicted molar refractivity (Wildman–Crippen MR) is 236 cm³/mol. The second kappa shape index (κ2) is 20.6. The zero-order chi connectivity index (χ0) is 40.7. The Hall–Kier alpha value is -6.46. The average Bonchev–Trinajstić information content (AvgIpc) is 3.26. The van der Waals surface area contributed by atoms with Gasteiger partial charge < -0.3 is 29.1 Å². The molecule has 8 heteroatoms. The van der Waals surface area contributed by atoms with Gasteiger partial charge in [0.15, 0.2) is 11.5 Å². The Morgan fingerprint density at radius 3 is 1.72 bits per heavy atom. The Morgan fingerprint density at radius 1 is 0.655 bits per heavy atom. The van der Waals surface area contributed by atoms with E-state index in [2.05, 4.69) is 71.3 Å². The van der Waals surface area contributed by atoms with Gasteiger partial charge in [-0.15, -0.1) is 0 Å². The van der Waals surface area contributed by atoms with Crippen LogP contribution in [-0.4, -0.2) is 31.8 Å². The third-order valence-electron chi connectivity index (χ3n) is 10.4. The van der Waals surface area contributed by atoms with Crippen LogP contribution < -0.4 is 24.0 Å². The molecule has 0 spiro atoms. The molecule has 0 atom stereocenters. The van der Waals surface area contributed by atoms with Crippen LogP contribution in [0.5, 0.6) is 23.0 Å². The molecule has 0 unspecified atom stereocenters. The fourth-order valence-corrected chi connectivity index (χ4v) is 7.25. The number of benzene rings is 5. The molecule has 0 fully saturated rings. The Labute approximate surface area is 343 Å². The number of hydrogen-bond donors (Lipinski definition) is 1. The highest BCUT2D eigenvalue weighted by Crippen LogP contribution is 2.48. The molecule has 58 heavy (non-hydrogen) atoms. The maximum atomic E-state index is 11.6. The normalized spacial score (nSPS) is 12.0. The van der Waals surface area contributed by atoms with Crippen molar-refractivity contribution >= 4 is 52.6 Å². The number of carboxylic acids is 1. The van der Waals surface area contributed by atoms with Gasteiger partial charge in [0.1, 0.15) is 23.1 Å². The second-order valence-corrected chi connectivity index (χ2v) is 14.5. The van der Waals surface area contributed by atoms with Gasteiger partial charge in [0, 0.05) is 23.6 Å². The lowest BCUT2D eigenvalue weighted by Crippen LogP contribution is -2.22. The van der Waals surface area contributed by atoms with E-state index in [0.29, 0.717) is 11.3 Å². The summed E-state index contributed by atoms with van der Waals surface area (Å²) < 4.78 is 17.3. The molecule has 1 aliphatic heterocycles. The van der Waals surface area contributed by atoms with Gasteiger partial charge in [0.05, 0.1) is 25.6 Å². The summed E-state index contributed by atoms with van der Waals surface area (Å²) in [5, 5.41) is 18.8. The van der Waals surface area contributed by atoms with Crippen LogP contribution in [0.4, 0.5) is 28.4 Å². The number of rotatable bonds is 20. The van der Waals surface area contributed by atoms with Crippen LogP contribution in [-0.2, 0) is 4.79 Å². The van der Waals surface area contributed by atoms with E-state index in [1.165, 1.54) is 57.4 Å². The minimum atomic E-state index is -1.25. The zero-order valence-corrected chi connectivity index (χ0v) is 33.8. The number of hydrogen-bond acceptors (Lipinski definition) is 7. The van der Waals surface area contributed by atoms with Crippen molar-refractivity contribution in [3.8, 4) is 29.1 Å². The number of carboxylic acid groups (broad SMARTS) is 1. The Balaban J connectivity index is 1.19. The van der Waals surface area contributed by atoms with E-state index >= 15 is 0 Å². The number of ether oxygens (including phenoxy) is 3. The number of fused-ring (bicyclic) bond motifs is 2. The van der Waals surface area contributed by atoms with Crippen LogP contribution in [0.3, 0.4) is 0 Å². The molecule has 1 N–H and O–H groups in total. The lowest BCUT2D eigenvalue weighted by atomic mass is 10.0. The fourth-order valence-electron chi connectivity index (χ4n) is 7.25. The van der Waals surface area contributed by atoms with E-state index in [-0.39, 0.29) is 5.57 Å². The van der Waals surface area contributed by atoms with Gasteiger partial charge in [-0.2, -0.15) is 5.26 Å². The van der Waals surface area contributed by atoms with Gasteiger partial charge >= 0.3 is 5.97 Å². The third-order valence-corrected chi connectivity index (χ3v) is 10.4. The molecule has 8 nitrogen and oxygen atoms in total. The van der Waals surface area contributed by atoms with Crippen LogP contribution in [0.15, 0.2) is 115 Å². The summed E-state index contributed by atoms with van der Waals surface area (Å²) in [6, 6.07) is 38.1. The van der Waals surface area contributed by atoms with Crippen LogP contribution in [0.1, 0.15) is 87.8 Å². The molecule has 6 rings (SSSR count). The minimum Gasteiger partial charge on any atom is -0.497 e. The first-order valence-corrected chi connectivity index (χ1v) is 20.4. The van der Waals surface area contributed by atoms with Crippen molar-refractivity contribution in [3.63, 3.8) is 0 Å². The van der Waals surface area contributed by atoms with E-state index in [1.54, 1.807) is 26.4 Å². The maximum Gasteiger partial charge on any atom is 0.346 e. The molecular weight excluding hydrogens is 723 g/mol. The van der Waals surface area contributed by atoms with Crippen molar-refractivity contribution < 1.29 is 24.1 Å². The SMILES string of the molecule is CCCCCCCCCCCCN1c2ccc(/C=C/c3ccc(N(c4ccc(OC)cc4)c4ccc(OC)cc4)cc3)cc2Oc2ccc(/C=C(/C#N)C(=O)O)cc21. The largest absolute Gasteiger partial charge is 0.497 e.